The van der Waals surface area contributed by atoms with E-state index in [1.807, 2.05) is 30.3 Å². The second-order valence-corrected chi connectivity index (χ2v) is 4.86. The summed E-state index contributed by atoms with van der Waals surface area (Å²) >= 11 is 0. The maximum atomic E-state index is 11.4. The fourth-order valence-electron chi connectivity index (χ4n) is 2.06. The Morgan fingerprint density at radius 3 is 2.29 bits per heavy atom. The van der Waals surface area contributed by atoms with Crippen LogP contribution in [0.25, 0.3) is 0 Å². The van der Waals surface area contributed by atoms with Crippen LogP contribution in [0.15, 0.2) is 36.7 Å². The molecular weight excluding hydrogens is 270 g/mol. The van der Waals surface area contributed by atoms with E-state index < -0.39 is 4.92 Å². The molecule has 0 aliphatic rings. The molecule has 0 unspecified atom stereocenters. The van der Waals surface area contributed by atoms with Gasteiger partial charge in [-0.25, -0.2) is 9.97 Å². The lowest BCUT2D eigenvalue weighted by molar-refractivity contribution is -0.383. The normalized spacial score (nSPS) is 10.2. The summed E-state index contributed by atoms with van der Waals surface area (Å²) in [4.78, 5) is 22.4. The first kappa shape index (κ1) is 14.7. The van der Waals surface area contributed by atoms with Crippen molar-refractivity contribution in [2.24, 2.45) is 0 Å². The molecule has 0 fully saturated rings. The van der Waals surface area contributed by atoms with E-state index in [-0.39, 0.29) is 5.69 Å². The molecular formula is C14H17N5O2. The summed E-state index contributed by atoms with van der Waals surface area (Å²) in [5.41, 5.74) is 0.972. The van der Waals surface area contributed by atoms with E-state index in [2.05, 4.69) is 9.97 Å². The zero-order valence-corrected chi connectivity index (χ0v) is 12.2. The van der Waals surface area contributed by atoms with Gasteiger partial charge in [-0.2, -0.15) is 0 Å². The highest BCUT2D eigenvalue weighted by Gasteiger charge is 2.26. The molecule has 2 aromatic rings. The van der Waals surface area contributed by atoms with Crippen molar-refractivity contribution in [2.75, 3.05) is 30.9 Å². The molecule has 1 heterocycles. The van der Waals surface area contributed by atoms with Gasteiger partial charge in [-0.3, -0.25) is 10.1 Å². The Kier molecular flexibility index (Phi) is 4.32. The zero-order valence-electron chi connectivity index (χ0n) is 12.2. The van der Waals surface area contributed by atoms with Crippen molar-refractivity contribution in [2.45, 2.75) is 6.54 Å². The molecule has 0 amide bonds. The molecule has 0 aliphatic carbocycles. The molecule has 0 saturated carbocycles. The number of nitrogens with zero attached hydrogens (tertiary/aromatic N) is 5. The van der Waals surface area contributed by atoms with Crippen LogP contribution in [0, 0.1) is 10.1 Å². The van der Waals surface area contributed by atoms with Gasteiger partial charge in [0.2, 0.25) is 11.6 Å². The smallest absolute Gasteiger partial charge is 0.353 e. The van der Waals surface area contributed by atoms with Crippen molar-refractivity contribution in [3.05, 3.63) is 52.3 Å². The number of benzene rings is 1. The van der Waals surface area contributed by atoms with E-state index in [4.69, 9.17) is 0 Å². The largest absolute Gasteiger partial charge is 0.357 e. The fraction of sp³-hybridized carbons (Fsp3) is 0.286. The minimum atomic E-state index is -0.438. The van der Waals surface area contributed by atoms with Crippen LogP contribution in [0.5, 0.6) is 0 Å². The van der Waals surface area contributed by atoms with Gasteiger partial charge in [0.05, 0.1) is 4.92 Å². The molecule has 7 nitrogen and oxygen atoms in total. The summed E-state index contributed by atoms with van der Waals surface area (Å²) in [6, 6.07) is 9.74. The number of rotatable bonds is 5. The van der Waals surface area contributed by atoms with Crippen molar-refractivity contribution in [3.63, 3.8) is 0 Å². The van der Waals surface area contributed by atoms with Gasteiger partial charge in [0.15, 0.2) is 0 Å². The van der Waals surface area contributed by atoms with Crippen molar-refractivity contribution in [3.8, 4) is 0 Å². The van der Waals surface area contributed by atoms with Gasteiger partial charge in [0, 0.05) is 27.7 Å². The quantitative estimate of drug-likeness (QED) is 0.619. The lowest BCUT2D eigenvalue weighted by Gasteiger charge is -2.20. The molecule has 1 aromatic heterocycles. The molecule has 0 aliphatic heterocycles. The Balaban J connectivity index is 2.39. The van der Waals surface area contributed by atoms with Crippen LogP contribution in [0.4, 0.5) is 17.3 Å². The molecule has 7 heteroatoms. The summed E-state index contributed by atoms with van der Waals surface area (Å²) < 4.78 is 0. The SMILES string of the molecule is CN(C)c1ncnc(N(C)Cc2ccccc2)c1[N+](=O)[O-]. The summed E-state index contributed by atoms with van der Waals surface area (Å²) in [7, 11) is 5.22. The predicted molar refractivity (Wildman–Crippen MR) is 81.6 cm³/mol. The van der Waals surface area contributed by atoms with Crippen LogP contribution < -0.4 is 9.80 Å². The van der Waals surface area contributed by atoms with Crippen LogP contribution in [0.2, 0.25) is 0 Å². The molecule has 0 N–H and O–H groups in total. The van der Waals surface area contributed by atoms with Crippen molar-refractivity contribution < 1.29 is 4.92 Å². The second-order valence-electron chi connectivity index (χ2n) is 4.86. The van der Waals surface area contributed by atoms with Gasteiger partial charge in [0.25, 0.3) is 0 Å². The Bertz CT molecular complexity index is 631. The Morgan fingerprint density at radius 2 is 1.71 bits per heavy atom. The minimum absolute atomic E-state index is 0.0825. The second kappa shape index (κ2) is 6.17. The van der Waals surface area contributed by atoms with E-state index in [0.717, 1.165) is 5.56 Å². The van der Waals surface area contributed by atoms with Crippen LogP contribution in [-0.4, -0.2) is 36.0 Å². The van der Waals surface area contributed by atoms with E-state index in [1.54, 1.807) is 30.9 Å². The van der Waals surface area contributed by atoms with Crippen molar-refractivity contribution >= 4 is 17.3 Å². The maximum Gasteiger partial charge on any atom is 0.353 e. The van der Waals surface area contributed by atoms with E-state index in [0.29, 0.717) is 18.2 Å². The molecule has 0 bridgehead atoms. The zero-order chi connectivity index (χ0) is 15.4. The first-order valence-electron chi connectivity index (χ1n) is 6.42. The number of nitro groups is 1. The van der Waals surface area contributed by atoms with Gasteiger partial charge in [0.1, 0.15) is 6.33 Å². The van der Waals surface area contributed by atoms with Gasteiger partial charge in [-0.05, 0) is 5.56 Å². The highest BCUT2D eigenvalue weighted by molar-refractivity contribution is 5.70. The van der Waals surface area contributed by atoms with E-state index >= 15 is 0 Å². The molecule has 0 spiro atoms. The minimum Gasteiger partial charge on any atom is -0.357 e. The molecule has 2 rings (SSSR count). The highest BCUT2D eigenvalue weighted by atomic mass is 16.6. The van der Waals surface area contributed by atoms with Crippen molar-refractivity contribution in [1.29, 1.82) is 0 Å². The Hall–Kier alpha value is -2.70. The van der Waals surface area contributed by atoms with Gasteiger partial charge in [-0.1, -0.05) is 30.3 Å². The van der Waals surface area contributed by atoms with Crippen molar-refractivity contribution in [1.82, 2.24) is 9.97 Å². The first-order chi connectivity index (χ1) is 10.0. The summed E-state index contributed by atoms with van der Waals surface area (Å²) in [5.74, 6) is 0.604. The van der Waals surface area contributed by atoms with Gasteiger partial charge >= 0.3 is 5.69 Å². The molecule has 1 aromatic carbocycles. The van der Waals surface area contributed by atoms with Gasteiger partial charge < -0.3 is 9.80 Å². The Labute approximate surface area is 123 Å². The molecule has 0 saturated heterocycles. The summed E-state index contributed by atoms with van der Waals surface area (Å²) in [6.07, 6.45) is 1.35. The lowest BCUT2D eigenvalue weighted by Crippen LogP contribution is -2.21. The van der Waals surface area contributed by atoms with E-state index in [1.165, 1.54) is 6.33 Å². The number of hydrogen-bond acceptors (Lipinski definition) is 6. The third kappa shape index (κ3) is 3.25. The highest BCUT2D eigenvalue weighted by Crippen LogP contribution is 2.32. The lowest BCUT2D eigenvalue weighted by atomic mass is 10.2. The summed E-state index contributed by atoms with van der Waals surface area (Å²) in [5, 5.41) is 11.4. The third-order valence-electron chi connectivity index (χ3n) is 3.01. The first-order valence-corrected chi connectivity index (χ1v) is 6.42. The van der Waals surface area contributed by atoms with Crippen LogP contribution in [0.3, 0.4) is 0 Å². The van der Waals surface area contributed by atoms with Crippen LogP contribution in [0.1, 0.15) is 5.56 Å². The monoisotopic (exact) mass is 287 g/mol. The fourth-order valence-corrected chi connectivity index (χ4v) is 2.06. The molecule has 110 valence electrons. The molecule has 21 heavy (non-hydrogen) atoms. The molecule has 0 atom stereocenters. The third-order valence-corrected chi connectivity index (χ3v) is 3.01. The van der Waals surface area contributed by atoms with Crippen LogP contribution in [-0.2, 0) is 6.54 Å². The maximum absolute atomic E-state index is 11.4. The average Bonchev–Trinajstić information content (AvgIpc) is 2.47. The van der Waals surface area contributed by atoms with E-state index in [9.17, 15) is 10.1 Å². The Morgan fingerprint density at radius 1 is 1.10 bits per heavy atom. The van der Waals surface area contributed by atoms with Crippen LogP contribution >= 0.6 is 0 Å². The predicted octanol–water partition coefficient (Wildman–Crippen LogP) is 2.09. The standard InChI is InChI=1S/C14H17N5O2/c1-17(2)13-12(19(20)21)14(16-10-15-13)18(3)9-11-7-5-4-6-8-11/h4-8,10H,9H2,1-3H3. The average molecular weight is 287 g/mol. The van der Waals surface area contributed by atoms with Gasteiger partial charge in [-0.15, -0.1) is 0 Å². The molecule has 0 radical (unpaired) electrons. The summed E-state index contributed by atoms with van der Waals surface area (Å²) in [6.45, 7) is 0.533. The topological polar surface area (TPSA) is 75.4 Å². The number of anilines is 2. The number of hydrogen-bond donors (Lipinski definition) is 0. The number of aromatic nitrogens is 2.